The van der Waals surface area contributed by atoms with Crippen molar-refractivity contribution in [2.45, 2.75) is 6.10 Å². The smallest absolute Gasteiger partial charge is 0.0829 e. The van der Waals surface area contributed by atoms with Gasteiger partial charge in [-0.25, -0.2) is 0 Å². The van der Waals surface area contributed by atoms with Gasteiger partial charge in [0, 0.05) is 0 Å². The van der Waals surface area contributed by atoms with Crippen molar-refractivity contribution in [3.05, 3.63) is 66.2 Å². The van der Waals surface area contributed by atoms with Crippen LogP contribution in [-0.4, -0.2) is 11.3 Å². The van der Waals surface area contributed by atoms with Gasteiger partial charge < -0.3 is 5.11 Å². The Morgan fingerprint density at radius 2 is 1.44 bits per heavy atom. The molecule has 0 saturated carbocycles. The van der Waals surface area contributed by atoms with Crippen LogP contribution in [0.2, 0.25) is 0 Å². The summed E-state index contributed by atoms with van der Waals surface area (Å²) in [5, 5.41) is 11.3. The van der Waals surface area contributed by atoms with E-state index in [0.29, 0.717) is 8.58 Å². The zero-order valence-corrected chi connectivity index (χ0v) is 10.0. The predicted molar refractivity (Wildman–Crippen MR) is 70.7 cm³/mol. The molecular formula is C14H15OP. The molecule has 2 aromatic rings. The fraction of sp³-hybridized carbons (Fsp3) is 0.143. The summed E-state index contributed by atoms with van der Waals surface area (Å²) < 4.78 is 0. The summed E-state index contributed by atoms with van der Waals surface area (Å²) in [6.45, 7) is 0. The second-order valence-electron chi connectivity index (χ2n) is 3.67. The summed E-state index contributed by atoms with van der Waals surface area (Å²) in [5.41, 5.74) is 1.01. The minimum atomic E-state index is -0.347. The van der Waals surface area contributed by atoms with E-state index in [2.05, 4.69) is 12.1 Å². The number of hydrogen-bond acceptors (Lipinski definition) is 1. The monoisotopic (exact) mass is 230 g/mol. The standard InChI is InChI=1S/C14H15OP/c15-14(12-7-3-1-4-8-12)11-16-13-9-5-2-6-10-13/h1-10,14-16H,11H2. The van der Waals surface area contributed by atoms with Gasteiger partial charge in [-0.2, -0.15) is 0 Å². The molecule has 2 aromatic carbocycles. The lowest BCUT2D eigenvalue weighted by Crippen LogP contribution is -2.03. The molecule has 0 fully saturated rings. The van der Waals surface area contributed by atoms with Crippen molar-refractivity contribution in [1.29, 1.82) is 0 Å². The van der Waals surface area contributed by atoms with E-state index in [1.165, 1.54) is 5.30 Å². The van der Waals surface area contributed by atoms with Gasteiger partial charge in [0.05, 0.1) is 6.10 Å². The molecule has 0 radical (unpaired) electrons. The predicted octanol–water partition coefficient (Wildman–Crippen LogP) is 2.72. The third-order valence-electron chi connectivity index (χ3n) is 2.46. The van der Waals surface area contributed by atoms with Gasteiger partial charge in [-0.1, -0.05) is 69.2 Å². The number of aliphatic hydroxyl groups excluding tert-OH is 1. The number of aliphatic hydroxyl groups is 1. The molecule has 0 aliphatic heterocycles. The Kier molecular flexibility index (Phi) is 4.10. The molecule has 2 rings (SSSR count). The summed E-state index contributed by atoms with van der Waals surface area (Å²) in [5.74, 6) is 0. The third kappa shape index (κ3) is 3.16. The van der Waals surface area contributed by atoms with E-state index in [4.69, 9.17) is 0 Å². The first kappa shape index (κ1) is 11.3. The fourth-order valence-electron chi connectivity index (χ4n) is 1.56. The Morgan fingerprint density at radius 1 is 0.875 bits per heavy atom. The zero-order chi connectivity index (χ0) is 11.2. The molecule has 0 saturated heterocycles. The lowest BCUT2D eigenvalue weighted by Gasteiger charge is -2.10. The highest BCUT2D eigenvalue weighted by Gasteiger charge is 2.06. The van der Waals surface area contributed by atoms with Crippen LogP contribution in [0.4, 0.5) is 0 Å². The van der Waals surface area contributed by atoms with Gasteiger partial charge in [0.25, 0.3) is 0 Å². The molecule has 2 unspecified atom stereocenters. The Labute approximate surface area is 97.9 Å². The van der Waals surface area contributed by atoms with Crippen LogP contribution in [0.1, 0.15) is 11.7 Å². The summed E-state index contributed by atoms with van der Waals surface area (Å²) in [6, 6.07) is 20.1. The van der Waals surface area contributed by atoms with Gasteiger partial charge >= 0.3 is 0 Å². The van der Waals surface area contributed by atoms with Gasteiger partial charge in [-0.15, -0.1) is 0 Å². The molecule has 0 aliphatic rings. The normalized spacial score (nSPS) is 13.1. The Hall–Kier alpha value is -1.17. The molecule has 1 nitrogen and oxygen atoms in total. The first-order valence-electron chi connectivity index (χ1n) is 5.38. The van der Waals surface area contributed by atoms with Crippen molar-refractivity contribution in [3.63, 3.8) is 0 Å². The largest absolute Gasteiger partial charge is 0.388 e. The first-order valence-corrected chi connectivity index (χ1v) is 6.59. The number of benzene rings is 2. The minimum Gasteiger partial charge on any atom is -0.388 e. The molecule has 0 bridgehead atoms. The van der Waals surface area contributed by atoms with Gasteiger partial charge in [0.15, 0.2) is 0 Å². The van der Waals surface area contributed by atoms with Gasteiger partial charge in [-0.3, -0.25) is 0 Å². The third-order valence-corrected chi connectivity index (χ3v) is 3.79. The van der Waals surface area contributed by atoms with Gasteiger partial charge in [-0.05, 0) is 17.0 Å². The van der Waals surface area contributed by atoms with E-state index in [1.807, 2.05) is 48.5 Å². The average molecular weight is 230 g/mol. The van der Waals surface area contributed by atoms with Crippen molar-refractivity contribution in [3.8, 4) is 0 Å². The summed E-state index contributed by atoms with van der Waals surface area (Å²) in [4.78, 5) is 0. The van der Waals surface area contributed by atoms with E-state index < -0.39 is 0 Å². The molecule has 0 amide bonds. The highest BCUT2D eigenvalue weighted by molar-refractivity contribution is 7.47. The summed E-state index contributed by atoms with van der Waals surface area (Å²) in [7, 11) is 0.660. The lowest BCUT2D eigenvalue weighted by molar-refractivity contribution is 0.203. The minimum absolute atomic E-state index is 0.347. The molecule has 0 spiro atoms. The van der Waals surface area contributed by atoms with Crippen LogP contribution in [-0.2, 0) is 0 Å². The van der Waals surface area contributed by atoms with Crippen LogP contribution in [0.15, 0.2) is 60.7 Å². The molecule has 0 aromatic heterocycles. The van der Waals surface area contributed by atoms with Crippen LogP contribution in [0.5, 0.6) is 0 Å². The zero-order valence-electron chi connectivity index (χ0n) is 9.01. The van der Waals surface area contributed by atoms with Crippen LogP contribution >= 0.6 is 8.58 Å². The quantitative estimate of drug-likeness (QED) is 0.801. The van der Waals surface area contributed by atoms with Crippen LogP contribution in [0, 0.1) is 0 Å². The highest BCUT2D eigenvalue weighted by atomic mass is 31.1. The fourth-order valence-corrected chi connectivity index (χ4v) is 2.66. The Bertz CT molecular complexity index is 413. The first-order chi connectivity index (χ1) is 7.86. The van der Waals surface area contributed by atoms with Gasteiger partial charge in [0.1, 0.15) is 0 Å². The van der Waals surface area contributed by atoms with E-state index in [-0.39, 0.29) is 6.10 Å². The van der Waals surface area contributed by atoms with E-state index in [0.717, 1.165) is 11.7 Å². The topological polar surface area (TPSA) is 20.2 Å². The molecule has 1 N–H and O–H groups in total. The van der Waals surface area contributed by atoms with Crippen LogP contribution in [0.3, 0.4) is 0 Å². The molecule has 82 valence electrons. The Morgan fingerprint density at radius 3 is 2.06 bits per heavy atom. The molecule has 0 heterocycles. The molecule has 16 heavy (non-hydrogen) atoms. The lowest BCUT2D eigenvalue weighted by atomic mass is 10.1. The van der Waals surface area contributed by atoms with Crippen molar-refractivity contribution in [2.75, 3.05) is 6.16 Å². The Balaban J connectivity index is 1.92. The van der Waals surface area contributed by atoms with Crippen molar-refractivity contribution in [1.82, 2.24) is 0 Å². The van der Waals surface area contributed by atoms with E-state index >= 15 is 0 Å². The van der Waals surface area contributed by atoms with Crippen molar-refractivity contribution >= 4 is 13.9 Å². The van der Waals surface area contributed by atoms with E-state index in [9.17, 15) is 5.11 Å². The second-order valence-corrected chi connectivity index (χ2v) is 5.01. The average Bonchev–Trinajstić information content (AvgIpc) is 2.38. The van der Waals surface area contributed by atoms with Crippen LogP contribution < -0.4 is 5.30 Å². The molecule has 2 heteroatoms. The molecule has 2 atom stereocenters. The van der Waals surface area contributed by atoms with Crippen molar-refractivity contribution in [2.24, 2.45) is 0 Å². The number of rotatable bonds is 4. The SMILES string of the molecule is OC(CPc1ccccc1)c1ccccc1. The molecule has 0 aliphatic carbocycles. The summed E-state index contributed by atoms with van der Waals surface area (Å²) >= 11 is 0. The summed E-state index contributed by atoms with van der Waals surface area (Å²) in [6.07, 6.45) is 0.452. The van der Waals surface area contributed by atoms with E-state index in [1.54, 1.807) is 0 Å². The maximum atomic E-state index is 9.99. The van der Waals surface area contributed by atoms with Gasteiger partial charge in [0.2, 0.25) is 0 Å². The maximum Gasteiger partial charge on any atom is 0.0829 e. The number of hydrogen-bond donors (Lipinski definition) is 1. The highest BCUT2D eigenvalue weighted by Crippen LogP contribution is 2.21. The maximum absolute atomic E-state index is 9.99. The van der Waals surface area contributed by atoms with Crippen molar-refractivity contribution < 1.29 is 5.11 Å². The second kappa shape index (κ2) is 5.79. The molecular weight excluding hydrogens is 215 g/mol. The van der Waals surface area contributed by atoms with Crippen LogP contribution in [0.25, 0.3) is 0 Å².